The first-order valence-corrected chi connectivity index (χ1v) is 7.92. The molecule has 96 valence electrons. The normalized spacial score (nSPS) is 21.9. The Morgan fingerprint density at radius 3 is 2.81 bits per heavy atom. The van der Waals surface area contributed by atoms with Gasteiger partial charge in [0.05, 0.1) is 0 Å². The van der Waals surface area contributed by atoms with Crippen LogP contribution in [0.3, 0.4) is 0 Å². The van der Waals surface area contributed by atoms with Gasteiger partial charge in [-0.15, -0.1) is 0 Å². The second-order valence-electron chi connectivity index (χ2n) is 5.00. The molecule has 1 aliphatic heterocycles. The first-order chi connectivity index (χ1) is 7.74. The number of hydrogen-bond donors (Lipinski definition) is 1. The number of rotatable bonds is 7. The molecular weight excluding hydrogens is 216 g/mol. The fourth-order valence-corrected chi connectivity index (χ4v) is 2.95. The van der Waals surface area contributed by atoms with Gasteiger partial charge in [0.1, 0.15) is 0 Å². The van der Waals surface area contributed by atoms with E-state index < -0.39 is 0 Å². The van der Waals surface area contributed by atoms with Gasteiger partial charge in [-0.2, -0.15) is 11.8 Å². The lowest BCUT2D eigenvalue weighted by molar-refractivity contribution is 0.181. The van der Waals surface area contributed by atoms with Crippen molar-refractivity contribution in [2.24, 2.45) is 5.92 Å². The smallest absolute Gasteiger partial charge is 0.00752 e. The van der Waals surface area contributed by atoms with E-state index in [1.54, 1.807) is 0 Å². The van der Waals surface area contributed by atoms with Gasteiger partial charge < -0.3 is 5.32 Å². The van der Waals surface area contributed by atoms with Gasteiger partial charge >= 0.3 is 0 Å². The Morgan fingerprint density at radius 2 is 2.25 bits per heavy atom. The van der Waals surface area contributed by atoms with E-state index >= 15 is 0 Å². The summed E-state index contributed by atoms with van der Waals surface area (Å²) in [5.41, 5.74) is 0. The summed E-state index contributed by atoms with van der Waals surface area (Å²) in [4.78, 5) is 2.65. The minimum absolute atomic E-state index is 0.694. The zero-order chi connectivity index (χ0) is 11.8. The highest BCUT2D eigenvalue weighted by molar-refractivity contribution is 7.99. The molecule has 1 heterocycles. The Morgan fingerprint density at radius 1 is 1.44 bits per heavy atom. The molecule has 0 aromatic heterocycles. The molecule has 1 saturated heterocycles. The van der Waals surface area contributed by atoms with Crippen LogP contribution in [0, 0.1) is 5.92 Å². The average Bonchev–Trinajstić information content (AvgIpc) is 2.29. The Bertz CT molecular complexity index is 167. The number of piperidine rings is 1. The summed E-state index contributed by atoms with van der Waals surface area (Å²) >= 11 is 2.06. The third-order valence-corrected chi connectivity index (χ3v) is 4.23. The van der Waals surface area contributed by atoms with Crippen LogP contribution >= 0.6 is 11.8 Å². The maximum atomic E-state index is 3.51. The number of hydrogen-bond acceptors (Lipinski definition) is 3. The van der Waals surface area contributed by atoms with E-state index in [9.17, 15) is 0 Å². The second-order valence-corrected chi connectivity index (χ2v) is 6.39. The molecule has 0 aliphatic carbocycles. The lowest BCUT2D eigenvalue weighted by Crippen LogP contribution is -2.42. The summed E-state index contributed by atoms with van der Waals surface area (Å²) < 4.78 is 0. The lowest BCUT2D eigenvalue weighted by Gasteiger charge is -2.32. The van der Waals surface area contributed by atoms with Gasteiger partial charge in [0.2, 0.25) is 0 Å². The van der Waals surface area contributed by atoms with Gasteiger partial charge in [0.25, 0.3) is 0 Å². The molecule has 1 unspecified atom stereocenters. The first kappa shape index (κ1) is 14.3. The molecule has 1 atom stereocenters. The molecule has 0 bridgehead atoms. The van der Waals surface area contributed by atoms with E-state index in [1.165, 1.54) is 50.5 Å². The molecule has 3 heteroatoms. The maximum absolute atomic E-state index is 3.51. The molecule has 0 radical (unpaired) electrons. The average molecular weight is 244 g/mol. The largest absolute Gasteiger partial charge is 0.316 e. The summed E-state index contributed by atoms with van der Waals surface area (Å²) in [7, 11) is 0. The van der Waals surface area contributed by atoms with Crippen LogP contribution in [0.1, 0.15) is 33.6 Å². The monoisotopic (exact) mass is 244 g/mol. The predicted molar refractivity (Wildman–Crippen MR) is 75.3 cm³/mol. The SMILES string of the molecule is CCSCCN(CC1CCCNC1)C(C)C. The van der Waals surface area contributed by atoms with Crippen LogP contribution in [0.4, 0.5) is 0 Å². The number of thioether (sulfide) groups is 1. The minimum atomic E-state index is 0.694. The molecule has 1 rings (SSSR count). The van der Waals surface area contributed by atoms with E-state index in [1.807, 2.05) is 0 Å². The Hall–Kier alpha value is 0.270. The van der Waals surface area contributed by atoms with Crippen molar-refractivity contribution in [1.29, 1.82) is 0 Å². The molecule has 0 amide bonds. The summed E-state index contributed by atoms with van der Waals surface area (Å²) in [6.45, 7) is 11.9. The summed E-state index contributed by atoms with van der Waals surface area (Å²) in [5, 5.41) is 3.51. The zero-order valence-electron chi connectivity index (χ0n) is 11.2. The summed E-state index contributed by atoms with van der Waals surface area (Å²) in [6.07, 6.45) is 2.78. The second kappa shape index (κ2) is 8.37. The van der Waals surface area contributed by atoms with E-state index in [0.29, 0.717) is 6.04 Å². The number of nitrogens with one attached hydrogen (secondary N) is 1. The van der Waals surface area contributed by atoms with Crippen LogP contribution in [-0.2, 0) is 0 Å². The van der Waals surface area contributed by atoms with Gasteiger partial charge in [0, 0.05) is 24.9 Å². The van der Waals surface area contributed by atoms with Crippen molar-refractivity contribution < 1.29 is 0 Å². The van der Waals surface area contributed by atoms with Crippen LogP contribution in [0.2, 0.25) is 0 Å². The number of nitrogens with zero attached hydrogens (tertiary/aromatic N) is 1. The van der Waals surface area contributed by atoms with E-state index in [4.69, 9.17) is 0 Å². The van der Waals surface area contributed by atoms with Crippen molar-refractivity contribution in [1.82, 2.24) is 10.2 Å². The Labute approximate surface area is 106 Å². The first-order valence-electron chi connectivity index (χ1n) is 6.76. The van der Waals surface area contributed by atoms with Crippen molar-refractivity contribution in [2.75, 3.05) is 37.7 Å². The van der Waals surface area contributed by atoms with E-state index in [2.05, 4.69) is 42.7 Å². The lowest BCUT2D eigenvalue weighted by atomic mass is 9.98. The van der Waals surface area contributed by atoms with Gasteiger partial charge in [-0.3, -0.25) is 4.90 Å². The minimum Gasteiger partial charge on any atom is -0.316 e. The molecule has 2 nitrogen and oxygen atoms in total. The van der Waals surface area contributed by atoms with Crippen molar-refractivity contribution in [3.63, 3.8) is 0 Å². The fourth-order valence-electron chi connectivity index (χ4n) is 2.30. The Kier molecular flexibility index (Phi) is 7.50. The van der Waals surface area contributed by atoms with Crippen LogP contribution in [0.15, 0.2) is 0 Å². The topological polar surface area (TPSA) is 15.3 Å². The molecule has 1 aliphatic rings. The third kappa shape index (κ3) is 5.55. The van der Waals surface area contributed by atoms with E-state index in [-0.39, 0.29) is 0 Å². The Balaban J connectivity index is 2.25. The van der Waals surface area contributed by atoms with Gasteiger partial charge in [-0.1, -0.05) is 6.92 Å². The van der Waals surface area contributed by atoms with Crippen LogP contribution in [-0.4, -0.2) is 48.6 Å². The summed E-state index contributed by atoms with van der Waals surface area (Å²) in [6, 6.07) is 0.694. The molecule has 0 saturated carbocycles. The van der Waals surface area contributed by atoms with Gasteiger partial charge in [0.15, 0.2) is 0 Å². The van der Waals surface area contributed by atoms with Crippen molar-refractivity contribution >= 4 is 11.8 Å². The third-order valence-electron chi connectivity index (χ3n) is 3.35. The molecular formula is C13H28N2S. The van der Waals surface area contributed by atoms with E-state index in [0.717, 1.165) is 5.92 Å². The van der Waals surface area contributed by atoms with Gasteiger partial charge in [-0.05, 0) is 51.4 Å². The van der Waals surface area contributed by atoms with Crippen molar-refractivity contribution in [3.05, 3.63) is 0 Å². The molecule has 0 spiro atoms. The predicted octanol–water partition coefficient (Wildman–Crippen LogP) is 2.45. The molecule has 1 N–H and O–H groups in total. The summed E-state index contributed by atoms with van der Waals surface area (Å²) in [5.74, 6) is 3.41. The molecule has 0 aromatic rings. The zero-order valence-corrected chi connectivity index (χ0v) is 12.0. The highest BCUT2D eigenvalue weighted by Crippen LogP contribution is 2.14. The molecule has 16 heavy (non-hydrogen) atoms. The van der Waals surface area contributed by atoms with Crippen molar-refractivity contribution in [2.45, 2.75) is 39.7 Å². The van der Waals surface area contributed by atoms with Crippen molar-refractivity contribution in [3.8, 4) is 0 Å². The standard InChI is InChI=1S/C13H28N2S/c1-4-16-9-8-15(12(2)3)11-13-6-5-7-14-10-13/h12-14H,4-11H2,1-3H3. The van der Waals surface area contributed by atoms with Crippen LogP contribution in [0.5, 0.6) is 0 Å². The van der Waals surface area contributed by atoms with Gasteiger partial charge in [-0.25, -0.2) is 0 Å². The molecule has 0 aromatic carbocycles. The quantitative estimate of drug-likeness (QED) is 0.693. The van der Waals surface area contributed by atoms with Crippen LogP contribution < -0.4 is 5.32 Å². The fraction of sp³-hybridized carbons (Fsp3) is 1.00. The highest BCUT2D eigenvalue weighted by Gasteiger charge is 2.18. The highest BCUT2D eigenvalue weighted by atomic mass is 32.2. The molecule has 1 fully saturated rings. The van der Waals surface area contributed by atoms with Crippen LogP contribution in [0.25, 0.3) is 0 Å². The maximum Gasteiger partial charge on any atom is 0.00752 e.